The Morgan fingerprint density at radius 1 is 1.00 bits per heavy atom. The van der Waals surface area contributed by atoms with E-state index in [0.717, 1.165) is 11.3 Å². The first kappa shape index (κ1) is 18.4. The van der Waals surface area contributed by atoms with Gasteiger partial charge < -0.3 is 18.6 Å². The number of halogens is 1. The number of methoxy groups -OCH3 is 2. The molecule has 0 N–H and O–H groups in total. The van der Waals surface area contributed by atoms with Crippen LogP contribution in [0.25, 0.3) is 11.5 Å². The fourth-order valence-corrected chi connectivity index (χ4v) is 2.88. The molecule has 0 aliphatic carbocycles. The van der Waals surface area contributed by atoms with Crippen molar-refractivity contribution in [3.05, 3.63) is 47.5 Å². The predicted octanol–water partition coefficient (Wildman–Crippen LogP) is 4.58. The summed E-state index contributed by atoms with van der Waals surface area (Å²) in [4.78, 5) is 0. The van der Waals surface area contributed by atoms with Crippen LogP contribution in [0.3, 0.4) is 0 Å². The fourth-order valence-electron chi connectivity index (χ4n) is 2.17. The van der Waals surface area contributed by atoms with Crippen molar-refractivity contribution in [2.75, 3.05) is 26.6 Å². The zero-order valence-corrected chi connectivity index (χ0v) is 15.8. The Balaban J connectivity index is 1.55. The first-order chi connectivity index (χ1) is 12.7. The SMILES string of the molecule is COc1ccc(-c2nnc(SCCOc3ccc(Cl)cc3)o2)cc1OC. The van der Waals surface area contributed by atoms with E-state index in [2.05, 4.69) is 10.2 Å². The normalized spacial score (nSPS) is 10.6. The van der Waals surface area contributed by atoms with Gasteiger partial charge in [-0.05, 0) is 42.5 Å². The van der Waals surface area contributed by atoms with Gasteiger partial charge in [-0.15, -0.1) is 10.2 Å². The molecule has 6 nitrogen and oxygen atoms in total. The molecule has 2 aromatic carbocycles. The summed E-state index contributed by atoms with van der Waals surface area (Å²) in [5, 5.41) is 9.28. The smallest absolute Gasteiger partial charge is 0.276 e. The van der Waals surface area contributed by atoms with Crippen LogP contribution in [0, 0.1) is 0 Å². The summed E-state index contributed by atoms with van der Waals surface area (Å²) in [6.45, 7) is 0.514. The van der Waals surface area contributed by atoms with Gasteiger partial charge in [0.25, 0.3) is 5.22 Å². The van der Waals surface area contributed by atoms with Crippen molar-refractivity contribution in [1.82, 2.24) is 10.2 Å². The summed E-state index contributed by atoms with van der Waals surface area (Å²) < 4.78 is 21.8. The van der Waals surface area contributed by atoms with Gasteiger partial charge in [-0.1, -0.05) is 23.4 Å². The first-order valence-electron chi connectivity index (χ1n) is 7.76. The van der Waals surface area contributed by atoms with Crippen LogP contribution in [0.2, 0.25) is 5.02 Å². The van der Waals surface area contributed by atoms with E-state index in [1.54, 1.807) is 38.5 Å². The van der Waals surface area contributed by atoms with Crippen LogP contribution >= 0.6 is 23.4 Å². The van der Waals surface area contributed by atoms with E-state index in [-0.39, 0.29) is 0 Å². The molecule has 0 amide bonds. The highest BCUT2D eigenvalue weighted by atomic mass is 35.5. The number of nitrogens with zero attached hydrogens (tertiary/aromatic N) is 2. The molecule has 0 saturated carbocycles. The summed E-state index contributed by atoms with van der Waals surface area (Å²) in [6, 6.07) is 12.7. The van der Waals surface area contributed by atoms with Crippen molar-refractivity contribution in [1.29, 1.82) is 0 Å². The van der Waals surface area contributed by atoms with Crippen LogP contribution in [0.4, 0.5) is 0 Å². The number of thioether (sulfide) groups is 1. The molecule has 0 radical (unpaired) electrons. The molecule has 0 unspecified atom stereocenters. The molecule has 0 aliphatic rings. The molecule has 136 valence electrons. The van der Waals surface area contributed by atoms with E-state index in [1.807, 2.05) is 18.2 Å². The molecule has 0 bridgehead atoms. The van der Waals surface area contributed by atoms with Crippen LogP contribution in [0.1, 0.15) is 0 Å². The number of ether oxygens (including phenoxy) is 3. The maximum Gasteiger partial charge on any atom is 0.276 e. The standard InChI is InChI=1S/C18H17ClN2O4S/c1-22-15-8-3-12(11-16(15)23-2)17-20-21-18(25-17)26-10-9-24-14-6-4-13(19)5-7-14/h3-8,11H,9-10H2,1-2H3. The molecular formula is C18H17ClN2O4S. The van der Waals surface area contributed by atoms with E-state index in [9.17, 15) is 0 Å². The van der Waals surface area contributed by atoms with Gasteiger partial charge in [-0.2, -0.15) is 0 Å². The molecule has 3 aromatic rings. The summed E-state index contributed by atoms with van der Waals surface area (Å²) in [5.74, 6) is 3.12. The quantitative estimate of drug-likeness (QED) is 0.410. The fraction of sp³-hybridized carbons (Fsp3) is 0.222. The van der Waals surface area contributed by atoms with Gasteiger partial charge in [0.15, 0.2) is 11.5 Å². The Morgan fingerprint density at radius 3 is 2.50 bits per heavy atom. The lowest BCUT2D eigenvalue weighted by atomic mass is 10.2. The van der Waals surface area contributed by atoms with Crippen LogP contribution in [0.15, 0.2) is 52.1 Å². The van der Waals surface area contributed by atoms with Gasteiger partial charge in [-0.3, -0.25) is 0 Å². The van der Waals surface area contributed by atoms with Crippen LogP contribution in [-0.4, -0.2) is 36.8 Å². The summed E-state index contributed by atoms with van der Waals surface area (Å²) in [5.41, 5.74) is 0.763. The number of rotatable bonds is 8. The number of hydrogen-bond donors (Lipinski definition) is 0. The van der Waals surface area contributed by atoms with Crippen molar-refractivity contribution in [3.63, 3.8) is 0 Å². The van der Waals surface area contributed by atoms with Gasteiger partial charge >= 0.3 is 0 Å². The lowest BCUT2D eigenvalue weighted by Gasteiger charge is -2.07. The second-order valence-electron chi connectivity index (χ2n) is 5.09. The number of aromatic nitrogens is 2. The van der Waals surface area contributed by atoms with Crippen molar-refractivity contribution < 1.29 is 18.6 Å². The highest BCUT2D eigenvalue weighted by Crippen LogP contribution is 2.32. The Bertz CT molecular complexity index is 855. The highest BCUT2D eigenvalue weighted by Gasteiger charge is 2.12. The Morgan fingerprint density at radius 2 is 1.77 bits per heavy atom. The molecule has 26 heavy (non-hydrogen) atoms. The minimum Gasteiger partial charge on any atom is -0.493 e. The minimum absolute atomic E-state index is 0.423. The van der Waals surface area contributed by atoms with Crippen molar-refractivity contribution in [2.45, 2.75) is 5.22 Å². The van der Waals surface area contributed by atoms with Crippen molar-refractivity contribution >= 4 is 23.4 Å². The van der Waals surface area contributed by atoms with E-state index in [1.165, 1.54) is 11.8 Å². The van der Waals surface area contributed by atoms with Gasteiger partial charge in [0, 0.05) is 16.3 Å². The molecule has 0 fully saturated rings. The monoisotopic (exact) mass is 392 g/mol. The zero-order chi connectivity index (χ0) is 18.4. The van der Waals surface area contributed by atoms with E-state index in [4.69, 9.17) is 30.2 Å². The van der Waals surface area contributed by atoms with Gasteiger partial charge in [-0.25, -0.2) is 0 Å². The zero-order valence-electron chi connectivity index (χ0n) is 14.3. The third kappa shape index (κ3) is 4.62. The second kappa shape index (κ2) is 8.82. The van der Waals surface area contributed by atoms with E-state index >= 15 is 0 Å². The molecular weight excluding hydrogens is 376 g/mol. The Hall–Kier alpha value is -2.38. The lowest BCUT2D eigenvalue weighted by molar-refractivity contribution is 0.343. The summed E-state index contributed by atoms with van der Waals surface area (Å²) in [7, 11) is 3.17. The van der Waals surface area contributed by atoms with Gasteiger partial charge in [0.2, 0.25) is 5.89 Å². The molecule has 0 spiro atoms. The maximum atomic E-state index is 5.84. The first-order valence-corrected chi connectivity index (χ1v) is 9.13. The predicted molar refractivity (Wildman–Crippen MR) is 101 cm³/mol. The molecule has 0 atom stereocenters. The third-order valence-electron chi connectivity index (χ3n) is 3.43. The summed E-state index contributed by atoms with van der Waals surface area (Å²) >= 11 is 7.27. The van der Waals surface area contributed by atoms with E-state index < -0.39 is 0 Å². The van der Waals surface area contributed by atoms with Crippen LogP contribution in [0.5, 0.6) is 17.2 Å². The average Bonchev–Trinajstić information content (AvgIpc) is 3.15. The second-order valence-corrected chi connectivity index (χ2v) is 6.58. The van der Waals surface area contributed by atoms with Gasteiger partial charge in [0.1, 0.15) is 5.75 Å². The third-order valence-corrected chi connectivity index (χ3v) is 4.46. The molecule has 8 heteroatoms. The van der Waals surface area contributed by atoms with Gasteiger partial charge in [0.05, 0.1) is 20.8 Å². The van der Waals surface area contributed by atoms with Crippen molar-refractivity contribution in [3.8, 4) is 28.7 Å². The molecule has 0 aliphatic heterocycles. The Kier molecular flexibility index (Phi) is 6.25. The van der Waals surface area contributed by atoms with Crippen molar-refractivity contribution in [2.24, 2.45) is 0 Å². The minimum atomic E-state index is 0.423. The Labute approximate surface area is 160 Å². The van der Waals surface area contributed by atoms with Crippen LogP contribution in [-0.2, 0) is 0 Å². The molecule has 0 saturated heterocycles. The topological polar surface area (TPSA) is 66.6 Å². The lowest BCUT2D eigenvalue weighted by Crippen LogP contribution is -1.99. The number of hydrogen-bond acceptors (Lipinski definition) is 7. The summed E-state index contributed by atoms with van der Waals surface area (Å²) in [6.07, 6.45) is 0. The average molecular weight is 393 g/mol. The van der Waals surface area contributed by atoms with E-state index in [0.29, 0.717) is 40.0 Å². The highest BCUT2D eigenvalue weighted by molar-refractivity contribution is 7.99. The molecule has 1 aromatic heterocycles. The van der Waals surface area contributed by atoms with Crippen LogP contribution < -0.4 is 14.2 Å². The molecule has 3 rings (SSSR count). The maximum absolute atomic E-state index is 5.84. The largest absolute Gasteiger partial charge is 0.493 e. The number of benzene rings is 2. The molecule has 1 heterocycles.